The summed E-state index contributed by atoms with van der Waals surface area (Å²) in [4.78, 5) is 4.37. The Morgan fingerprint density at radius 2 is 2.11 bits per heavy atom. The molecule has 0 aliphatic heterocycles. The fourth-order valence-corrected chi connectivity index (χ4v) is 1.95. The lowest BCUT2D eigenvalue weighted by Crippen LogP contribution is -2.18. The van der Waals surface area contributed by atoms with Gasteiger partial charge in [-0.1, -0.05) is 29.8 Å². The van der Waals surface area contributed by atoms with Crippen molar-refractivity contribution in [2.24, 2.45) is 0 Å². The maximum absolute atomic E-state index is 5.98. The molecule has 0 radical (unpaired) electrons. The molecule has 2 nitrogen and oxygen atoms in total. The van der Waals surface area contributed by atoms with Gasteiger partial charge in [0.05, 0.1) is 5.69 Å². The smallest absolute Gasteiger partial charge is 0.0542 e. The highest BCUT2D eigenvalue weighted by Crippen LogP contribution is 2.17. The molecule has 0 aliphatic rings. The van der Waals surface area contributed by atoms with Gasteiger partial charge in [0.1, 0.15) is 0 Å². The van der Waals surface area contributed by atoms with Crippen LogP contribution < -0.4 is 5.32 Å². The molecule has 2 aromatic rings. The Kier molecular flexibility index (Phi) is 4.34. The Morgan fingerprint density at radius 1 is 1.28 bits per heavy atom. The summed E-state index contributed by atoms with van der Waals surface area (Å²) in [6.07, 6.45) is 1.89. The Hall–Kier alpha value is -1.38. The molecule has 0 amide bonds. The minimum atomic E-state index is 0.256. The van der Waals surface area contributed by atoms with Crippen molar-refractivity contribution in [3.63, 3.8) is 0 Å². The van der Waals surface area contributed by atoms with E-state index in [1.54, 1.807) is 0 Å². The second-order valence-corrected chi connectivity index (χ2v) is 4.92. The SMILES string of the molecule is Cc1ccc(CN[C@H](C)c2cccc(Cl)c2)nc1. The van der Waals surface area contributed by atoms with Crippen molar-refractivity contribution in [1.29, 1.82) is 0 Å². The molecule has 3 heteroatoms. The third kappa shape index (κ3) is 3.56. The van der Waals surface area contributed by atoms with Gasteiger partial charge in [-0.3, -0.25) is 4.98 Å². The predicted molar refractivity (Wildman–Crippen MR) is 75.7 cm³/mol. The molecule has 0 bridgehead atoms. The number of aromatic nitrogens is 1. The second-order valence-electron chi connectivity index (χ2n) is 4.48. The molecule has 0 fully saturated rings. The number of aryl methyl sites for hydroxylation is 1. The van der Waals surface area contributed by atoms with Crippen molar-refractivity contribution in [2.45, 2.75) is 26.4 Å². The molecule has 0 aliphatic carbocycles. The number of halogens is 1. The third-order valence-electron chi connectivity index (χ3n) is 2.91. The fourth-order valence-electron chi connectivity index (χ4n) is 1.75. The van der Waals surface area contributed by atoms with Crippen LogP contribution in [0.5, 0.6) is 0 Å². The standard InChI is InChI=1S/C15H17ClN2/c1-11-6-7-15(18-9-11)10-17-12(2)13-4-3-5-14(16)8-13/h3-9,12,17H,10H2,1-2H3/t12-/m1/s1. The van der Waals surface area contributed by atoms with E-state index in [0.717, 1.165) is 17.3 Å². The fraction of sp³-hybridized carbons (Fsp3) is 0.267. The maximum atomic E-state index is 5.98. The van der Waals surface area contributed by atoms with Gasteiger partial charge in [-0.25, -0.2) is 0 Å². The van der Waals surface area contributed by atoms with E-state index in [0.29, 0.717) is 0 Å². The van der Waals surface area contributed by atoms with Crippen molar-refractivity contribution in [1.82, 2.24) is 10.3 Å². The zero-order valence-corrected chi connectivity index (χ0v) is 11.4. The molecule has 1 heterocycles. The Morgan fingerprint density at radius 3 is 2.78 bits per heavy atom. The maximum Gasteiger partial charge on any atom is 0.0542 e. The van der Waals surface area contributed by atoms with Crippen LogP contribution in [0, 0.1) is 6.92 Å². The zero-order valence-electron chi connectivity index (χ0n) is 10.7. The summed E-state index contributed by atoms with van der Waals surface area (Å²) >= 11 is 5.98. The van der Waals surface area contributed by atoms with Crippen LogP contribution in [-0.2, 0) is 6.54 Å². The van der Waals surface area contributed by atoms with E-state index in [1.165, 1.54) is 11.1 Å². The van der Waals surface area contributed by atoms with Gasteiger partial charge >= 0.3 is 0 Å². The van der Waals surface area contributed by atoms with E-state index in [2.05, 4.69) is 29.4 Å². The molecule has 0 saturated heterocycles. The molecule has 1 N–H and O–H groups in total. The van der Waals surface area contributed by atoms with E-state index in [4.69, 9.17) is 11.6 Å². The number of nitrogens with one attached hydrogen (secondary N) is 1. The van der Waals surface area contributed by atoms with Crippen molar-refractivity contribution in [2.75, 3.05) is 0 Å². The molecule has 0 unspecified atom stereocenters. The first-order valence-electron chi connectivity index (χ1n) is 6.05. The van der Waals surface area contributed by atoms with Crippen molar-refractivity contribution in [3.05, 3.63) is 64.4 Å². The minimum absolute atomic E-state index is 0.256. The first kappa shape index (κ1) is 13.1. The van der Waals surface area contributed by atoms with E-state index < -0.39 is 0 Å². The van der Waals surface area contributed by atoms with Gasteiger partial charge in [-0.2, -0.15) is 0 Å². The molecule has 0 spiro atoms. The molecule has 94 valence electrons. The van der Waals surface area contributed by atoms with Crippen LogP contribution in [0.3, 0.4) is 0 Å². The Balaban J connectivity index is 1.96. The van der Waals surface area contributed by atoms with Crippen molar-refractivity contribution in [3.8, 4) is 0 Å². The average Bonchev–Trinajstić information content (AvgIpc) is 2.38. The summed E-state index contributed by atoms with van der Waals surface area (Å²) in [6, 6.07) is 12.3. The van der Waals surface area contributed by atoms with Crippen LogP contribution in [-0.4, -0.2) is 4.98 Å². The normalized spacial score (nSPS) is 12.4. The van der Waals surface area contributed by atoms with Gasteiger partial charge in [-0.05, 0) is 43.2 Å². The molecular formula is C15H17ClN2. The van der Waals surface area contributed by atoms with Crippen LogP contribution in [0.1, 0.15) is 29.8 Å². The van der Waals surface area contributed by atoms with Crippen LogP contribution in [0.15, 0.2) is 42.6 Å². The molecule has 1 atom stereocenters. The largest absolute Gasteiger partial charge is 0.305 e. The molecule has 1 aromatic carbocycles. The second kappa shape index (κ2) is 5.98. The molecule has 0 saturated carbocycles. The van der Waals surface area contributed by atoms with Crippen molar-refractivity contribution < 1.29 is 0 Å². The lowest BCUT2D eigenvalue weighted by molar-refractivity contribution is 0.567. The predicted octanol–water partition coefficient (Wildman–Crippen LogP) is 3.89. The summed E-state index contributed by atoms with van der Waals surface area (Å²) in [5, 5.41) is 4.21. The number of pyridine rings is 1. The molecule has 18 heavy (non-hydrogen) atoms. The highest BCUT2D eigenvalue weighted by molar-refractivity contribution is 6.30. The van der Waals surface area contributed by atoms with E-state index in [1.807, 2.05) is 37.4 Å². The number of rotatable bonds is 4. The van der Waals surface area contributed by atoms with Crippen LogP contribution in [0.4, 0.5) is 0 Å². The van der Waals surface area contributed by atoms with Crippen LogP contribution >= 0.6 is 11.6 Å². The number of nitrogens with zero attached hydrogens (tertiary/aromatic N) is 1. The monoisotopic (exact) mass is 260 g/mol. The van der Waals surface area contributed by atoms with Gasteiger partial charge in [-0.15, -0.1) is 0 Å². The zero-order chi connectivity index (χ0) is 13.0. The van der Waals surface area contributed by atoms with Crippen LogP contribution in [0.25, 0.3) is 0 Å². The van der Waals surface area contributed by atoms with Gasteiger partial charge in [0.2, 0.25) is 0 Å². The quantitative estimate of drug-likeness (QED) is 0.902. The number of hydrogen-bond acceptors (Lipinski definition) is 2. The number of hydrogen-bond donors (Lipinski definition) is 1. The highest BCUT2D eigenvalue weighted by atomic mass is 35.5. The van der Waals surface area contributed by atoms with Crippen LogP contribution in [0.2, 0.25) is 5.02 Å². The van der Waals surface area contributed by atoms with Gasteiger partial charge in [0, 0.05) is 23.8 Å². The molecule has 1 aromatic heterocycles. The lowest BCUT2D eigenvalue weighted by atomic mass is 10.1. The summed E-state index contributed by atoms with van der Waals surface area (Å²) < 4.78 is 0. The van der Waals surface area contributed by atoms with Crippen molar-refractivity contribution >= 4 is 11.6 Å². The van der Waals surface area contributed by atoms with E-state index >= 15 is 0 Å². The summed E-state index contributed by atoms with van der Waals surface area (Å²) in [7, 11) is 0. The van der Waals surface area contributed by atoms with Gasteiger partial charge < -0.3 is 5.32 Å². The minimum Gasteiger partial charge on any atom is -0.305 e. The summed E-state index contributed by atoms with van der Waals surface area (Å²) in [5.41, 5.74) is 3.42. The third-order valence-corrected chi connectivity index (χ3v) is 3.15. The molecular weight excluding hydrogens is 244 g/mol. The summed E-state index contributed by atoms with van der Waals surface area (Å²) in [5.74, 6) is 0. The Labute approximate surface area is 113 Å². The highest BCUT2D eigenvalue weighted by Gasteiger charge is 2.05. The summed E-state index contributed by atoms with van der Waals surface area (Å²) in [6.45, 7) is 4.92. The van der Waals surface area contributed by atoms with Gasteiger partial charge in [0.25, 0.3) is 0 Å². The first-order valence-corrected chi connectivity index (χ1v) is 6.43. The molecule has 2 rings (SSSR count). The Bertz CT molecular complexity index is 508. The van der Waals surface area contributed by atoms with E-state index in [9.17, 15) is 0 Å². The van der Waals surface area contributed by atoms with Gasteiger partial charge in [0.15, 0.2) is 0 Å². The van der Waals surface area contributed by atoms with E-state index in [-0.39, 0.29) is 6.04 Å². The number of benzene rings is 1. The topological polar surface area (TPSA) is 24.9 Å². The first-order chi connectivity index (χ1) is 8.65. The average molecular weight is 261 g/mol. The lowest BCUT2D eigenvalue weighted by Gasteiger charge is -2.14.